The minimum atomic E-state index is -3.34. The van der Waals surface area contributed by atoms with Crippen LogP contribution in [0.2, 0.25) is 0 Å². The van der Waals surface area contributed by atoms with Crippen molar-refractivity contribution in [2.75, 3.05) is 20.6 Å². The average Bonchev–Trinajstić information content (AvgIpc) is 2.43. The first-order valence-electron chi connectivity index (χ1n) is 7.08. The minimum Gasteiger partial charge on any atom is -0.387 e. The second-order valence-corrected chi connectivity index (χ2v) is 8.37. The largest absolute Gasteiger partial charge is 0.387 e. The summed E-state index contributed by atoms with van der Waals surface area (Å²) in [6.07, 6.45) is -0.234. The highest BCUT2D eigenvalue weighted by atomic mass is 32.2. The van der Waals surface area contributed by atoms with E-state index < -0.39 is 27.2 Å². The normalized spacial score (nSPS) is 15.4. The van der Waals surface area contributed by atoms with Crippen LogP contribution >= 0.6 is 0 Å². The molecule has 1 aromatic rings. The van der Waals surface area contributed by atoms with Crippen molar-refractivity contribution >= 4 is 9.84 Å². The van der Waals surface area contributed by atoms with Gasteiger partial charge in [-0.2, -0.15) is 0 Å². The van der Waals surface area contributed by atoms with Gasteiger partial charge in [0.2, 0.25) is 0 Å². The molecule has 0 aromatic heterocycles. The Morgan fingerprint density at radius 3 is 2.43 bits per heavy atom. The van der Waals surface area contributed by atoms with Crippen LogP contribution < -0.4 is 5.73 Å². The Balaban J connectivity index is 2.95. The SMILES string of the molecule is CC(C)S(=O)(=O)c1cccc(C(O)C(N)CCN(C)C)c1. The second kappa shape index (κ2) is 7.35. The number of hydrogen-bond donors (Lipinski definition) is 2. The first kappa shape index (κ1) is 18.1. The van der Waals surface area contributed by atoms with Crippen LogP contribution in [-0.2, 0) is 9.84 Å². The zero-order chi connectivity index (χ0) is 16.2. The summed E-state index contributed by atoms with van der Waals surface area (Å²) in [4.78, 5) is 2.22. The quantitative estimate of drug-likeness (QED) is 0.789. The van der Waals surface area contributed by atoms with Crippen molar-refractivity contribution < 1.29 is 13.5 Å². The van der Waals surface area contributed by atoms with Crippen molar-refractivity contribution in [2.24, 2.45) is 5.73 Å². The fourth-order valence-electron chi connectivity index (χ4n) is 1.96. The van der Waals surface area contributed by atoms with E-state index in [9.17, 15) is 13.5 Å². The molecule has 5 nitrogen and oxygen atoms in total. The zero-order valence-corrected chi connectivity index (χ0v) is 14.0. The summed E-state index contributed by atoms with van der Waals surface area (Å²) in [5.41, 5.74) is 6.53. The molecule has 6 heteroatoms. The van der Waals surface area contributed by atoms with Gasteiger partial charge in [-0.25, -0.2) is 8.42 Å². The Morgan fingerprint density at radius 2 is 1.90 bits per heavy atom. The van der Waals surface area contributed by atoms with Crippen LogP contribution in [0.5, 0.6) is 0 Å². The van der Waals surface area contributed by atoms with Crippen molar-refractivity contribution in [1.82, 2.24) is 4.90 Å². The fraction of sp³-hybridized carbons (Fsp3) is 0.600. The molecule has 0 aliphatic rings. The molecule has 1 aromatic carbocycles. The van der Waals surface area contributed by atoms with Crippen LogP contribution in [0.25, 0.3) is 0 Å². The summed E-state index contributed by atoms with van der Waals surface area (Å²) in [5.74, 6) is 0. The molecule has 0 amide bonds. The Labute approximate surface area is 127 Å². The zero-order valence-electron chi connectivity index (χ0n) is 13.2. The summed E-state index contributed by atoms with van der Waals surface area (Å²) in [5, 5.41) is 9.80. The molecule has 0 heterocycles. The smallest absolute Gasteiger partial charge is 0.180 e. The van der Waals surface area contributed by atoms with Crippen LogP contribution in [0.3, 0.4) is 0 Å². The third kappa shape index (κ3) is 4.78. The van der Waals surface area contributed by atoms with Gasteiger partial charge in [0.25, 0.3) is 0 Å². The highest BCUT2D eigenvalue weighted by Crippen LogP contribution is 2.23. The van der Waals surface area contributed by atoms with Gasteiger partial charge < -0.3 is 15.7 Å². The standard InChI is InChI=1S/C15H26N2O3S/c1-11(2)21(19,20)13-7-5-6-12(10-13)15(18)14(16)8-9-17(3)4/h5-7,10-11,14-15,18H,8-9,16H2,1-4H3. The Hall–Kier alpha value is -0.950. The van der Waals surface area contributed by atoms with E-state index in [4.69, 9.17) is 5.73 Å². The van der Waals surface area contributed by atoms with Crippen molar-refractivity contribution in [1.29, 1.82) is 0 Å². The van der Waals surface area contributed by atoms with E-state index in [1.165, 1.54) is 6.07 Å². The molecule has 3 N–H and O–H groups in total. The lowest BCUT2D eigenvalue weighted by atomic mass is 10.0. The van der Waals surface area contributed by atoms with E-state index in [-0.39, 0.29) is 4.90 Å². The summed E-state index contributed by atoms with van der Waals surface area (Å²) in [6.45, 7) is 4.05. The summed E-state index contributed by atoms with van der Waals surface area (Å²) in [6, 6.07) is 6.00. The molecule has 120 valence electrons. The van der Waals surface area contributed by atoms with Crippen LogP contribution in [0.15, 0.2) is 29.2 Å². The van der Waals surface area contributed by atoms with Gasteiger partial charge in [0.15, 0.2) is 9.84 Å². The molecule has 0 bridgehead atoms. The number of nitrogens with two attached hydrogens (primary N) is 1. The number of rotatable bonds is 7. The van der Waals surface area contributed by atoms with Crippen molar-refractivity contribution in [3.8, 4) is 0 Å². The van der Waals surface area contributed by atoms with E-state index in [2.05, 4.69) is 0 Å². The number of sulfone groups is 1. The van der Waals surface area contributed by atoms with Gasteiger partial charge in [-0.15, -0.1) is 0 Å². The monoisotopic (exact) mass is 314 g/mol. The topological polar surface area (TPSA) is 83.6 Å². The number of hydrogen-bond acceptors (Lipinski definition) is 5. The van der Waals surface area contributed by atoms with Crippen LogP contribution in [-0.4, -0.2) is 50.4 Å². The molecule has 0 saturated carbocycles. The summed E-state index contributed by atoms with van der Waals surface area (Å²) in [7, 11) is 0.534. The summed E-state index contributed by atoms with van der Waals surface area (Å²) >= 11 is 0. The maximum absolute atomic E-state index is 12.2. The average molecular weight is 314 g/mol. The third-order valence-corrected chi connectivity index (χ3v) is 5.62. The van der Waals surface area contributed by atoms with Crippen LogP contribution in [0.4, 0.5) is 0 Å². The maximum atomic E-state index is 12.2. The van der Waals surface area contributed by atoms with Crippen LogP contribution in [0.1, 0.15) is 31.9 Å². The number of benzene rings is 1. The van der Waals surface area contributed by atoms with Crippen LogP contribution in [0, 0.1) is 0 Å². The highest BCUT2D eigenvalue weighted by Gasteiger charge is 2.22. The number of aliphatic hydroxyl groups is 1. The Kier molecular flexibility index (Phi) is 6.34. The molecule has 1 rings (SSSR count). The van der Waals surface area contributed by atoms with E-state index in [1.807, 2.05) is 19.0 Å². The molecule has 0 fully saturated rings. The first-order valence-corrected chi connectivity index (χ1v) is 8.63. The summed E-state index contributed by atoms with van der Waals surface area (Å²) < 4.78 is 24.3. The van der Waals surface area contributed by atoms with E-state index in [0.29, 0.717) is 12.0 Å². The van der Waals surface area contributed by atoms with Gasteiger partial charge in [-0.1, -0.05) is 12.1 Å². The minimum absolute atomic E-state index is 0.230. The Morgan fingerprint density at radius 1 is 1.29 bits per heavy atom. The predicted octanol–water partition coefficient (Wildman–Crippen LogP) is 1.18. The molecule has 2 atom stereocenters. The van der Waals surface area contributed by atoms with Crippen molar-refractivity contribution in [2.45, 2.75) is 42.6 Å². The lowest BCUT2D eigenvalue weighted by Crippen LogP contribution is -2.32. The number of aliphatic hydroxyl groups excluding tert-OH is 1. The third-order valence-electron chi connectivity index (χ3n) is 3.46. The second-order valence-electron chi connectivity index (χ2n) is 5.87. The number of nitrogens with zero attached hydrogens (tertiary/aromatic N) is 1. The molecule has 0 saturated heterocycles. The van der Waals surface area contributed by atoms with Crippen molar-refractivity contribution in [3.05, 3.63) is 29.8 Å². The highest BCUT2D eigenvalue weighted by molar-refractivity contribution is 7.92. The fourth-order valence-corrected chi connectivity index (χ4v) is 3.07. The Bertz CT molecular complexity index is 556. The molecule has 2 unspecified atom stereocenters. The van der Waals surface area contributed by atoms with E-state index in [1.54, 1.807) is 32.0 Å². The van der Waals surface area contributed by atoms with E-state index >= 15 is 0 Å². The van der Waals surface area contributed by atoms with Crippen molar-refractivity contribution in [3.63, 3.8) is 0 Å². The molecule has 0 radical (unpaired) electrons. The molecular weight excluding hydrogens is 288 g/mol. The van der Waals surface area contributed by atoms with Gasteiger partial charge >= 0.3 is 0 Å². The predicted molar refractivity (Wildman–Crippen MR) is 84.9 cm³/mol. The van der Waals surface area contributed by atoms with Gasteiger partial charge in [0.1, 0.15) is 0 Å². The van der Waals surface area contributed by atoms with Gasteiger partial charge in [0.05, 0.1) is 16.2 Å². The molecule has 0 aliphatic carbocycles. The molecular formula is C15H26N2O3S. The molecule has 0 aliphatic heterocycles. The maximum Gasteiger partial charge on any atom is 0.180 e. The molecule has 0 spiro atoms. The molecule has 21 heavy (non-hydrogen) atoms. The van der Waals surface area contributed by atoms with Gasteiger partial charge in [0, 0.05) is 6.04 Å². The van der Waals surface area contributed by atoms with Gasteiger partial charge in [-0.05, 0) is 58.6 Å². The lowest BCUT2D eigenvalue weighted by molar-refractivity contribution is 0.137. The first-order chi connectivity index (χ1) is 9.66. The lowest BCUT2D eigenvalue weighted by Gasteiger charge is -2.21. The van der Waals surface area contributed by atoms with Gasteiger partial charge in [-0.3, -0.25) is 0 Å². The van der Waals surface area contributed by atoms with E-state index in [0.717, 1.165) is 6.54 Å².